The van der Waals surface area contributed by atoms with Crippen LogP contribution in [-0.4, -0.2) is 48.9 Å². The Balaban J connectivity index is 2.15. The molecule has 0 aliphatic carbocycles. The Labute approximate surface area is 112 Å². The van der Waals surface area contributed by atoms with E-state index in [9.17, 15) is 9.59 Å². The van der Waals surface area contributed by atoms with Gasteiger partial charge in [-0.25, -0.2) is 4.79 Å². The first-order chi connectivity index (χ1) is 9.17. The van der Waals surface area contributed by atoms with E-state index in [2.05, 4.69) is 0 Å². The third-order valence-electron chi connectivity index (χ3n) is 3.25. The zero-order valence-electron chi connectivity index (χ0n) is 11.3. The number of carbonyl (C=O) groups is 2. The molecule has 1 amide bonds. The molecule has 0 saturated carbocycles. The van der Waals surface area contributed by atoms with Crippen LogP contribution in [-0.2, 0) is 19.0 Å². The summed E-state index contributed by atoms with van der Waals surface area (Å²) in [7, 11) is 0. The van der Waals surface area contributed by atoms with Crippen LogP contribution in [0.2, 0.25) is 0 Å². The molecule has 0 spiro atoms. The maximum Gasteiger partial charge on any atom is 0.410 e. The van der Waals surface area contributed by atoms with E-state index in [-0.39, 0.29) is 17.9 Å². The molecule has 0 aromatic carbocycles. The molecule has 1 saturated heterocycles. The minimum atomic E-state index is -0.415. The lowest BCUT2D eigenvalue weighted by Crippen LogP contribution is -2.51. The number of rotatable bonds is 3. The van der Waals surface area contributed by atoms with Crippen LogP contribution in [0.4, 0.5) is 4.79 Å². The van der Waals surface area contributed by atoms with Gasteiger partial charge in [0.2, 0.25) is 6.29 Å². The fraction of sp³-hybridized carbons (Fsp3) is 0.692. The van der Waals surface area contributed by atoms with Gasteiger partial charge in [-0.05, 0) is 13.8 Å². The second kappa shape index (κ2) is 6.06. The van der Waals surface area contributed by atoms with Gasteiger partial charge in [0.25, 0.3) is 0 Å². The smallest absolute Gasteiger partial charge is 0.410 e. The molecule has 106 valence electrons. The van der Waals surface area contributed by atoms with Gasteiger partial charge in [0.05, 0.1) is 24.5 Å². The number of fused-ring (bicyclic) bond motifs is 1. The first kappa shape index (κ1) is 13.9. The van der Waals surface area contributed by atoms with E-state index in [1.807, 2.05) is 6.92 Å². The Bertz CT molecular complexity index is 392. The van der Waals surface area contributed by atoms with Crippen molar-refractivity contribution in [2.45, 2.75) is 39.0 Å². The number of ketones is 1. The van der Waals surface area contributed by atoms with E-state index in [1.165, 1.54) is 6.26 Å². The highest BCUT2D eigenvalue weighted by Crippen LogP contribution is 2.29. The van der Waals surface area contributed by atoms with E-state index >= 15 is 0 Å². The number of Topliss-reactive ketones (excluding diaryl/α,β-unsaturated/α-hetero) is 1. The van der Waals surface area contributed by atoms with E-state index in [0.717, 1.165) is 0 Å². The molecule has 6 heteroatoms. The van der Waals surface area contributed by atoms with E-state index in [0.29, 0.717) is 38.2 Å². The average Bonchev–Trinajstić information content (AvgIpc) is 2.39. The Hall–Kier alpha value is -1.56. The molecule has 0 aromatic rings. The van der Waals surface area contributed by atoms with Gasteiger partial charge in [-0.3, -0.25) is 4.79 Å². The normalized spacial score (nSPS) is 26.3. The van der Waals surface area contributed by atoms with Crippen LogP contribution >= 0.6 is 0 Å². The van der Waals surface area contributed by atoms with E-state index in [4.69, 9.17) is 14.2 Å². The van der Waals surface area contributed by atoms with Gasteiger partial charge in [-0.2, -0.15) is 0 Å². The van der Waals surface area contributed by atoms with Crippen LogP contribution in [0.1, 0.15) is 26.7 Å². The van der Waals surface area contributed by atoms with Gasteiger partial charge < -0.3 is 19.1 Å². The van der Waals surface area contributed by atoms with Gasteiger partial charge >= 0.3 is 6.09 Å². The minimum absolute atomic E-state index is 0.0282. The van der Waals surface area contributed by atoms with Gasteiger partial charge in [0.15, 0.2) is 5.78 Å². The third kappa shape index (κ3) is 2.89. The summed E-state index contributed by atoms with van der Waals surface area (Å²) in [6.45, 7) is 4.86. The molecule has 0 unspecified atom stereocenters. The second-order valence-electron chi connectivity index (χ2n) is 4.41. The highest BCUT2D eigenvalue weighted by Gasteiger charge is 2.40. The average molecular weight is 269 g/mol. The van der Waals surface area contributed by atoms with Crippen molar-refractivity contribution in [2.75, 3.05) is 19.8 Å². The third-order valence-corrected chi connectivity index (χ3v) is 3.25. The van der Waals surface area contributed by atoms with Gasteiger partial charge in [0, 0.05) is 26.0 Å². The molecular weight excluding hydrogens is 250 g/mol. The number of amides is 1. The van der Waals surface area contributed by atoms with Crippen LogP contribution in [0.25, 0.3) is 0 Å². The number of piperidine rings is 1. The van der Waals surface area contributed by atoms with Crippen molar-refractivity contribution in [2.24, 2.45) is 0 Å². The maximum atomic E-state index is 11.9. The van der Waals surface area contributed by atoms with Crippen LogP contribution in [0.5, 0.6) is 0 Å². The summed E-state index contributed by atoms with van der Waals surface area (Å²) in [5.41, 5.74) is 0.537. The molecule has 0 N–H and O–H groups in total. The van der Waals surface area contributed by atoms with Crippen LogP contribution < -0.4 is 0 Å². The molecule has 0 bridgehead atoms. The number of ether oxygens (including phenoxy) is 3. The second-order valence-corrected chi connectivity index (χ2v) is 4.41. The highest BCUT2D eigenvalue weighted by atomic mass is 16.7. The molecule has 19 heavy (non-hydrogen) atoms. The number of hydrogen-bond acceptors (Lipinski definition) is 5. The summed E-state index contributed by atoms with van der Waals surface area (Å²) >= 11 is 0. The zero-order chi connectivity index (χ0) is 13.8. The van der Waals surface area contributed by atoms with Gasteiger partial charge in [-0.15, -0.1) is 0 Å². The SMILES string of the molecule is CCOC(=O)N1CCC(=O)C2=CO[C@@H](OCC)C[C@@H]21. The van der Waals surface area contributed by atoms with Crippen molar-refractivity contribution < 1.29 is 23.8 Å². The molecule has 2 rings (SSSR count). The van der Waals surface area contributed by atoms with Gasteiger partial charge in [-0.1, -0.05) is 0 Å². The lowest BCUT2D eigenvalue weighted by molar-refractivity contribution is -0.133. The first-order valence-electron chi connectivity index (χ1n) is 6.61. The Morgan fingerprint density at radius 1 is 1.47 bits per heavy atom. The molecule has 2 heterocycles. The van der Waals surface area contributed by atoms with Crippen molar-refractivity contribution in [1.82, 2.24) is 4.90 Å². The summed E-state index contributed by atoms with van der Waals surface area (Å²) in [5, 5.41) is 0. The summed E-state index contributed by atoms with van der Waals surface area (Å²) in [5.74, 6) is 0.0282. The highest BCUT2D eigenvalue weighted by molar-refractivity contribution is 5.98. The Morgan fingerprint density at radius 2 is 2.26 bits per heavy atom. The van der Waals surface area contributed by atoms with Gasteiger partial charge in [0.1, 0.15) is 0 Å². The summed E-state index contributed by atoms with van der Waals surface area (Å²) in [6, 6.07) is -0.300. The van der Waals surface area contributed by atoms with Crippen LogP contribution in [0, 0.1) is 0 Å². The van der Waals surface area contributed by atoms with E-state index in [1.54, 1.807) is 11.8 Å². The Kier molecular flexibility index (Phi) is 4.42. The standard InChI is InChI=1S/C13H19NO5/c1-3-17-12-7-10-9(8-19-12)11(15)5-6-14(10)13(16)18-4-2/h8,10,12H,3-7H2,1-2H3/t10-,12+/m0/s1. The Morgan fingerprint density at radius 3 is 2.95 bits per heavy atom. The lowest BCUT2D eigenvalue weighted by atomic mass is 9.92. The fourth-order valence-corrected chi connectivity index (χ4v) is 2.38. The molecule has 2 aliphatic heterocycles. The van der Waals surface area contributed by atoms with Crippen molar-refractivity contribution in [3.05, 3.63) is 11.8 Å². The minimum Gasteiger partial charge on any atom is -0.472 e. The fourth-order valence-electron chi connectivity index (χ4n) is 2.38. The largest absolute Gasteiger partial charge is 0.472 e. The van der Waals surface area contributed by atoms with Crippen molar-refractivity contribution >= 4 is 11.9 Å². The zero-order valence-corrected chi connectivity index (χ0v) is 11.3. The summed E-state index contributed by atoms with van der Waals surface area (Å²) < 4.78 is 15.8. The molecule has 0 aromatic heterocycles. The van der Waals surface area contributed by atoms with Crippen LogP contribution in [0.15, 0.2) is 11.8 Å². The quantitative estimate of drug-likeness (QED) is 0.776. The number of carbonyl (C=O) groups excluding carboxylic acids is 2. The molecular formula is C13H19NO5. The number of likely N-dealkylation sites (tertiary alicyclic amines) is 1. The van der Waals surface area contributed by atoms with Crippen molar-refractivity contribution in [1.29, 1.82) is 0 Å². The first-order valence-corrected chi connectivity index (χ1v) is 6.61. The number of hydrogen-bond donors (Lipinski definition) is 0. The molecule has 6 nitrogen and oxygen atoms in total. The lowest BCUT2D eigenvalue weighted by Gasteiger charge is -2.39. The van der Waals surface area contributed by atoms with Crippen LogP contribution in [0.3, 0.4) is 0 Å². The number of nitrogens with zero attached hydrogens (tertiary/aromatic N) is 1. The predicted octanol–water partition coefficient (Wildman–Crippen LogP) is 1.45. The summed E-state index contributed by atoms with van der Waals surface area (Å²) in [4.78, 5) is 25.3. The molecule has 0 radical (unpaired) electrons. The maximum absolute atomic E-state index is 11.9. The van der Waals surface area contributed by atoms with Crippen molar-refractivity contribution in [3.8, 4) is 0 Å². The molecule has 1 fully saturated rings. The van der Waals surface area contributed by atoms with E-state index < -0.39 is 6.29 Å². The monoisotopic (exact) mass is 269 g/mol. The predicted molar refractivity (Wildman–Crippen MR) is 66.3 cm³/mol. The van der Waals surface area contributed by atoms with Crippen molar-refractivity contribution in [3.63, 3.8) is 0 Å². The summed E-state index contributed by atoms with van der Waals surface area (Å²) in [6.07, 6.45) is 1.40. The molecule has 2 aliphatic rings. The topological polar surface area (TPSA) is 65.1 Å². The molecule has 2 atom stereocenters.